The number of rotatable bonds is 5. The van der Waals surface area contributed by atoms with E-state index >= 15 is 0 Å². The normalized spacial score (nSPS) is 11.0. The number of nitrogens with zero attached hydrogens (tertiary/aromatic N) is 1. The molecule has 0 unspecified atom stereocenters. The minimum Gasteiger partial charge on any atom is -0.496 e. The van der Waals surface area contributed by atoms with Gasteiger partial charge in [-0.3, -0.25) is 4.79 Å². The first-order valence-electron chi connectivity index (χ1n) is 6.11. The van der Waals surface area contributed by atoms with Crippen molar-refractivity contribution in [2.75, 3.05) is 13.7 Å². The molecule has 0 spiro atoms. The van der Waals surface area contributed by atoms with Crippen LogP contribution in [0.1, 0.15) is 19.4 Å². The van der Waals surface area contributed by atoms with Crippen molar-refractivity contribution in [2.24, 2.45) is 5.92 Å². The van der Waals surface area contributed by atoms with E-state index < -0.39 is 0 Å². The molecule has 4 nitrogen and oxygen atoms in total. The number of hydrogen-bond acceptors (Lipinski definition) is 3. The number of benzene rings is 1. The van der Waals surface area contributed by atoms with Gasteiger partial charge in [-0.2, -0.15) is 5.26 Å². The summed E-state index contributed by atoms with van der Waals surface area (Å²) < 4.78 is 5.18. The standard InChI is InChI=1S/C15H18N2O2/c1-11(2)10-17-15(18)13(9-16)8-12-6-4-5-7-14(12)19-3/h4-8,11H,10H2,1-3H3,(H,17,18)/b13-8+. The van der Waals surface area contributed by atoms with E-state index in [1.807, 2.05) is 32.0 Å². The van der Waals surface area contributed by atoms with Gasteiger partial charge >= 0.3 is 0 Å². The van der Waals surface area contributed by atoms with Crippen LogP contribution in [0.2, 0.25) is 0 Å². The topological polar surface area (TPSA) is 62.1 Å². The smallest absolute Gasteiger partial charge is 0.261 e. The fraction of sp³-hybridized carbons (Fsp3) is 0.333. The summed E-state index contributed by atoms with van der Waals surface area (Å²) in [4.78, 5) is 11.8. The number of carbonyl (C=O) groups is 1. The zero-order valence-electron chi connectivity index (χ0n) is 11.4. The average Bonchev–Trinajstić information content (AvgIpc) is 2.42. The van der Waals surface area contributed by atoms with Crippen molar-refractivity contribution >= 4 is 12.0 Å². The Morgan fingerprint density at radius 2 is 2.16 bits per heavy atom. The third kappa shape index (κ3) is 4.47. The molecule has 1 N–H and O–H groups in total. The summed E-state index contributed by atoms with van der Waals surface area (Å²) in [6.45, 7) is 4.54. The van der Waals surface area contributed by atoms with Crippen LogP contribution >= 0.6 is 0 Å². The first-order chi connectivity index (χ1) is 9.08. The molecular weight excluding hydrogens is 240 g/mol. The van der Waals surface area contributed by atoms with E-state index in [2.05, 4.69) is 5.32 Å². The van der Waals surface area contributed by atoms with E-state index in [4.69, 9.17) is 10.00 Å². The lowest BCUT2D eigenvalue weighted by atomic mass is 10.1. The van der Waals surface area contributed by atoms with Crippen LogP contribution < -0.4 is 10.1 Å². The zero-order valence-corrected chi connectivity index (χ0v) is 11.4. The third-order valence-corrected chi connectivity index (χ3v) is 2.47. The number of amides is 1. The Morgan fingerprint density at radius 1 is 1.47 bits per heavy atom. The van der Waals surface area contributed by atoms with Crippen molar-refractivity contribution in [2.45, 2.75) is 13.8 Å². The van der Waals surface area contributed by atoms with Gasteiger partial charge in [0.05, 0.1) is 7.11 Å². The number of para-hydroxylation sites is 1. The number of nitriles is 1. The maximum atomic E-state index is 11.8. The quantitative estimate of drug-likeness (QED) is 0.651. The van der Waals surface area contributed by atoms with Crippen LogP contribution in [0, 0.1) is 17.2 Å². The van der Waals surface area contributed by atoms with E-state index in [9.17, 15) is 4.79 Å². The molecular formula is C15H18N2O2. The lowest BCUT2D eigenvalue weighted by Crippen LogP contribution is -2.28. The van der Waals surface area contributed by atoms with Crippen LogP contribution in [0.4, 0.5) is 0 Å². The SMILES string of the molecule is COc1ccccc1/C=C(\C#N)C(=O)NCC(C)C. The molecule has 0 saturated carbocycles. The Balaban J connectivity index is 2.93. The Morgan fingerprint density at radius 3 is 2.74 bits per heavy atom. The van der Waals surface area contributed by atoms with Gasteiger partial charge in [-0.1, -0.05) is 32.0 Å². The van der Waals surface area contributed by atoms with E-state index in [0.29, 0.717) is 23.8 Å². The maximum absolute atomic E-state index is 11.8. The maximum Gasteiger partial charge on any atom is 0.261 e. The molecule has 0 aliphatic carbocycles. The highest BCUT2D eigenvalue weighted by Crippen LogP contribution is 2.20. The largest absolute Gasteiger partial charge is 0.496 e. The molecule has 0 aromatic heterocycles. The number of carbonyl (C=O) groups excluding carboxylic acids is 1. The Hall–Kier alpha value is -2.28. The fourth-order valence-corrected chi connectivity index (χ4v) is 1.48. The summed E-state index contributed by atoms with van der Waals surface area (Å²) in [6, 6.07) is 9.16. The first kappa shape index (κ1) is 14.8. The summed E-state index contributed by atoms with van der Waals surface area (Å²) in [5.74, 6) is 0.615. The summed E-state index contributed by atoms with van der Waals surface area (Å²) in [6.07, 6.45) is 1.54. The molecule has 0 heterocycles. The van der Waals surface area contributed by atoms with Crippen molar-refractivity contribution in [3.05, 3.63) is 35.4 Å². The zero-order chi connectivity index (χ0) is 14.3. The van der Waals surface area contributed by atoms with Crippen LogP contribution in [0.15, 0.2) is 29.8 Å². The highest BCUT2D eigenvalue weighted by Gasteiger charge is 2.10. The fourth-order valence-electron chi connectivity index (χ4n) is 1.48. The second-order valence-corrected chi connectivity index (χ2v) is 4.52. The van der Waals surface area contributed by atoms with Gasteiger partial charge in [-0.25, -0.2) is 0 Å². The summed E-state index contributed by atoms with van der Waals surface area (Å²) in [5, 5.41) is 11.8. The molecule has 0 aliphatic heterocycles. The van der Waals surface area contributed by atoms with Crippen molar-refractivity contribution < 1.29 is 9.53 Å². The number of methoxy groups -OCH3 is 1. The van der Waals surface area contributed by atoms with Gasteiger partial charge in [-0.05, 0) is 18.1 Å². The molecule has 1 rings (SSSR count). The third-order valence-electron chi connectivity index (χ3n) is 2.47. The van der Waals surface area contributed by atoms with Gasteiger partial charge in [0.2, 0.25) is 0 Å². The van der Waals surface area contributed by atoms with Crippen LogP contribution in [0.3, 0.4) is 0 Å². The molecule has 100 valence electrons. The van der Waals surface area contributed by atoms with E-state index in [-0.39, 0.29) is 11.5 Å². The van der Waals surface area contributed by atoms with Crippen LogP contribution in [-0.2, 0) is 4.79 Å². The second-order valence-electron chi connectivity index (χ2n) is 4.52. The summed E-state index contributed by atoms with van der Waals surface area (Å²) >= 11 is 0. The van der Waals surface area contributed by atoms with Gasteiger partial charge in [0.25, 0.3) is 5.91 Å². The molecule has 0 bridgehead atoms. The lowest BCUT2D eigenvalue weighted by molar-refractivity contribution is -0.117. The molecule has 1 amide bonds. The Labute approximate surface area is 113 Å². The number of hydrogen-bond donors (Lipinski definition) is 1. The van der Waals surface area contributed by atoms with Gasteiger partial charge in [-0.15, -0.1) is 0 Å². The molecule has 0 radical (unpaired) electrons. The highest BCUT2D eigenvalue weighted by atomic mass is 16.5. The Kier molecular flexibility index (Phi) is 5.62. The average molecular weight is 258 g/mol. The number of ether oxygens (including phenoxy) is 1. The molecule has 0 atom stereocenters. The minimum atomic E-state index is -0.359. The van der Waals surface area contributed by atoms with Crippen molar-refractivity contribution in [1.82, 2.24) is 5.32 Å². The Bertz CT molecular complexity index is 513. The van der Waals surface area contributed by atoms with E-state index in [0.717, 1.165) is 0 Å². The van der Waals surface area contributed by atoms with Crippen LogP contribution in [0.5, 0.6) is 5.75 Å². The minimum absolute atomic E-state index is 0.0742. The first-order valence-corrected chi connectivity index (χ1v) is 6.11. The van der Waals surface area contributed by atoms with Gasteiger partial charge in [0, 0.05) is 12.1 Å². The van der Waals surface area contributed by atoms with Gasteiger partial charge < -0.3 is 10.1 Å². The van der Waals surface area contributed by atoms with Crippen molar-refractivity contribution in [3.8, 4) is 11.8 Å². The second kappa shape index (κ2) is 7.22. The molecule has 1 aromatic rings. The van der Waals surface area contributed by atoms with Crippen LogP contribution in [-0.4, -0.2) is 19.6 Å². The molecule has 0 saturated heterocycles. The molecule has 0 fully saturated rings. The van der Waals surface area contributed by atoms with Crippen molar-refractivity contribution in [1.29, 1.82) is 5.26 Å². The van der Waals surface area contributed by atoms with E-state index in [1.165, 1.54) is 6.08 Å². The molecule has 19 heavy (non-hydrogen) atoms. The summed E-state index contributed by atoms with van der Waals surface area (Å²) in [7, 11) is 1.55. The molecule has 4 heteroatoms. The molecule has 1 aromatic carbocycles. The lowest BCUT2D eigenvalue weighted by Gasteiger charge is -2.07. The van der Waals surface area contributed by atoms with E-state index in [1.54, 1.807) is 19.2 Å². The monoisotopic (exact) mass is 258 g/mol. The number of nitrogens with one attached hydrogen (secondary N) is 1. The van der Waals surface area contributed by atoms with Gasteiger partial charge in [0.15, 0.2) is 0 Å². The highest BCUT2D eigenvalue weighted by molar-refractivity contribution is 6.01. The van der Waals surface area contributed by atoms with Crippen LogP contribution in [0.25, 0.3) is 6.08 Å². The molecule has 0 aliphatic rings. The predicted octanol–water partition coefficient (Wildman–Crippen LogP) is 2.37. The van der Waals surface area contributed by atoms with Gasteiger partial charge in [0.1, 0.15) is 17.4 Å². The summed E-state index contributed by atoms with van der Waals surface area (Å²) in [5.41, 5.74) is 0.784. The van der Waals surface area contributed by atoms with Crippen molar-refractivity contribution in [3.63, 3.8) is 0 Å². The predicted molar refractivity (Wildman–Crippen MR) is 74.4 cm³/mol.